The number of rotatable bonds is 4. The molecule has 4 N–H and O–H groups in total. The average molecular weight is 370 g/mol. The number of hydrogen-bond acceptors (Lipinski definition) is 8. The van der Waals surface area contributed by atoms with Gasteiger partial charge < -0.3 is 29.9 Å². The van der Waals surface area contributed by atoms with Crippen molar-refractivity contribution < 1.29 is 34.8 Å². The Kier molecular flexibility index (Phi) is 5.63. The predicted octanol–water partition coefficient (Wildman–Crippen LogP) is 0.0803. The lowest BCUT2D eigenvalue weighted by Crippen LogP contribution is -2.60. The molecule has 5 atom stereocenters. The molecule has 1 saturated heterocycles. The highest BCUT2D eigenvalue weighted by atomic mass is 35.5. The van der Waals surface area contributed by atoms with Gasteiger partial charge in [0.05, 0.1) is 21.6 Å². The molecular weight excluding hydrogens is 357 g/mol. The van der Waals surface area contributed by atoms with Crippen LogP contribution in [0.4, 0.5) is 5.69 Å². The van der Waals surface area contributed by atoms with Crippen LogP contribution in [0.3, 0.4) is 0 Å². The number of nitro benzene ring substituents is 1. The molecule has 11 heteroatoms. The van der Waals surface area contributed by atoms with E-state index in [1.807, 2.05) is 0 Å². The van der Waals surface area contributed by atoms with E-state index in [4.69, 9.17) is 37.8 Å². The summed E-state index contributed by atoms with van der Waals surface area (Å²) in [5, 5.41) is 48.6. The highest BCUT2D eigenvalue weighted by Gasteiger charge is 2.45. The van der Waals surface area contributed by atoms with Crippen molar-refractivity contribution in [3.63, 3.8) is 0 Å². The van der Waals surface area contributed by atoms with Crippen LogP contribution < -0.4 is 4.74 Å². The standard InChI is InChI=1S/C12H13Cl2NO8/c13-5-1-4(15(20)21)2-6(14)11(5)23-12-10(19)9(18)8(17)7(3-16)22-12/h1-2,7-10,12,16-19H,3H2/t7-,8-,9+,10-,12+/m1/s1. The second-order valence-electron chi connectivity index (χ2n) is 4.81. The SMILES string of the molecule is O=[N+]([O-])c1cc(Cl)c(O[C@@H]2O[C@H](CO)[C@@H](O)[C@H](O)[C@H]2O)c(Cl)c1. The minimum atomic E-state index is -1.66. The maximum Gasteiger partial charge on any atom is 0.272 e. The second-order valence-corrected chi connectivity index (χ2v) is 5.63. The lowest BCUT2D eigenvalue weighted by molar-refractivity contribution is -0.384. The molecule has 23 heavy (non-hydrogen) atoms. The van der Waals surface area contributed by atoms with Crippen LogP contribution in [-0.2, 0) is 4.74 Å². The van der Waals surface area contributed by atoms with Crippen LogP contribution in [0.25, 0.3) is 0 Å². The Morgan fingerprint density at radius 1 is 1.17 bits per heavy atom. The van der Waals surface area contributed by atoms with Gasteiger partial charge in [-0.3, -0.25) is 10.1 Å². The van der Waals surface area contributed by atoms with Crippen molar-refractivity contribution in [2.24, 2.45) is 0 Å². The number of aliphatic hydroxyl groups excluding tert-OH is 4. The number of benzene rings is 1. The van der Waals surface area contributed by atoms with E-state index >= 15 is 0 Å². The van der Waals surface area contributed by atoms with Crippen molar-refractivity contribution in [2.45, 2.75) is 30.7 Å². The summed E-state index contributed by atoms with van der Waals surface area (Å²) in [4.78, 5) is 10.0. The zero-order chi connectivity index (χ0) is 17.3. The topological polar surface area (TPSA) is 143 Å². The molecule has 1 aliphatic heterocycles. The Balaban J connectivity index is 2.26. The Morgan fingerprint density at radius 3 is 2.22 bits per heavy atom. The highest BCUT2D eigenvalue weighted by Crippen LogP contribution is 2.38. The average Bonchev–Trinajstić information content (AvgIpc) is 2.50. The number of hydrogen-bond donors (Lipinski definition) is 4. The summed E-state index contributed by atoms with van der Waals surface area (Å²) in [5.41, 5.74) is -0.360. The third kappa shape index (κ3) is 3.66. The molecular formula is C12H13Cl2NO8. The molecule has 0 bridgehead atoms. The predicted molar refractivity (Wildman–Crippen MR) is 77.5 cm³/mol. The molecule has 0 spiro atoms. The van der Waals surface area contributed by atoms with Gasteiger partial charge in [0.1, 0.15) is 24.4 Å². The number of nitrogens with zero attached hydrogens (tertiary/aromatic N) is 1. The van der Waals surface area contributed by atoms with E-state index in [1.54, 1.807) is 0 Å². The van der Waals surface area contributed by atoms with Crippen molar-refractivity contribution in [3.8, 4) is 5.75 Å². The van der Waals surface area contributed by atoms with Gasteiger partial charge in [-0.1, -0.05) is 23.2 Å². The van der Waals surface area contributed by atoms with Crippen LogP contribution in [0, 0.1) is 10.1 Å². The first kappa shape index (κ1) is 18.1. The number of aliphatic hydroxyl groups is 4. The molecule has 0 saturated carbocycles. The Morgan fingerprint density at radius 2 is 1.74 bits per heavy atom. The van der Waals surface area contributed by atoms with Crippen molar-refractivity contribution in [1.82, 2.24) is 0 Å². The second kappa shape index (κ2) is 7.14. The van der Waals surface area contributed by atoms with Crippen LogP contribution in [0.15, 0.2) is 12.1 Å². The molecule has 0 aromatic heterocycles. The minimum absolute atomic E-state index is 0.205. The molecule has 1 aliphatic rings. The summed E-state index contributed by atoms with van der Waals surface area (Å²) >= 11 is 11.7. The summed E-state index contributed by atoms with van der Waals surface area (Å²) in [5.74, 6) is -0.205. The number of nitro groups is 1. The lowest BCUT2D eigenvalue weighted by Gasteiger charge is -2.39. The summed E-state index contributed by atoms with van der Waals surface area (Å²) in [6, 6.07) is 1.99. The molecule has 1 heterocycles. The third-order valence-electron chi connectivity index (χ3n) is 3.28. The van der Waals surface area contributed by atoms with E-state index in [0.717, 1.165) is 12.1 Å². The van der Waals surface area contributed by atoms with Gasteiger partial charge in [0.25, 0.3) is 5.69 Å². The van der Waals surface area contributed by atoms with Crippen molar-refractivity contribution in [3.05, 3.63) is 32.3 Å². The maximum atomic E-state index is 10.7. The molecule has 1 fully saturated rings. The summed E-state index contributed by atoms with van der Waals surface area (Å²) in [6.07, 6.45) is -7.51. The molecule has 0 amide bonds. The molecule has 2 rings (SSSR count). The number of non-ortho nitro benzene ring substituents is 1. The van der Waals surface area contributed by atoms with Crippen LogP contribution >= 0.6 is 23.2 Å². The first-order valence-corrected chi connectivity index (χ1v) is 7.12. The molecule has 9 nitrogen and oxygen atoms in total. The van der Waals surface area contributed by atoms with Gasteiger partial charge in [0.15, 0.2) is 5.75 Å². The van der Waals surface area contributed by atoms with E-state index in [0.29, 0.717) is 0 Å². The van der Waals surface area contributed by atoms with Gasteiger partial charge in [0.2, 0.25) is 6.29 Å². The molecule has 1 aromatic carbocycles. The van der Waals surface area contributed by atoms with Gasteiger partial charge in [-0.25, -0.2) is 0 Å². The Labute approximate surface area is 139 Å². The van der Waals surface area contributed by atoms with Crippen molar-refractivity contribution in [2.75, 3.05) is 6.61 Å². The lowest BCUT2D eigenvalue weighted by atomic mass is 9.99. The fraction of sp³-hybridized carbons (Fsp3) is 0.500. The van der Waals surface area contributed by atoms with Gasteiger partial charge in [-0.15, -0.1) is 0 Å². The zero-order valence-electron chi connectivity index (χ0n) is 11.4. The molecule has 128 valence electrons. The quantitative estimate of drug-likeness (QED) is 0.431. The third-order valence-corrected chi connectivity index (χ3v) is 3.84. The molecule has 0 aliphatic carbocycles. The molecule has 0 radical (unpaired) electrons. The maximum absolute atomic E-state index is 10.7. The molecule has 0 unspecified atom stereocenters. The van der Waals surface area contributed by atoms with E-state index in [1.165, 1.54) is 0 Å². The monoisotopic (exact) mass is 369 g/mol. The van der Waals surface area contributed by atoms with Gasteiger partial charge in [0, 0.05) is 12.1 Å². The Hall–Kier alpha value is -1.20. The summed E-state index contributed by atoms with van der Waals surface area (Å²) < 4.78 is 10.4. The molecule has 1 aromatic rings. The van der Waals surface area contributed by atoms with Crippen LogP contribution in [0.2, 0.25) is 10.0 Å². The number of ether oxygens (including phenoxy) is 2. The smallest absolute Gasteiger partial charge is 0.272 e. The van der Waals surface area contributed by atoms with Crippen molar-refractivity contribution in [1.29, 1.82) is 0 Å². The van der Waals surface area contributed by atoms with Crippen LogP contribution in [0.5, 0.6) is 5.75 Å². The van der Waals surface area contributed by atoms with Gasteiger partial charge in [-0.2, -0.15) is 0 Å². The van der Waals surface area contributed by atoms with Crippen molar-refractivity contribution >= 4 is 28.9 Å². The summed E-state index contributed by atoms with van der Waals surface area (Å²) in [7, 11) is 0. The minimum Gasteiger partial charge on any atom is -0.459 e. The summed E-state index contributed by atoms with van der Waals surface area (Å²) in [6.45, 7) is -0.632. The fourth-order valence-corrected chi connectivity index (χ4v) is 2.61. The largest absolute Gasteiger partial charge is 0.459 e. The Bertz CT molecular complexity index is 575. The van der Waals surface area contributed by atoms with Crippen LogP contribution in [-0.4, -0.2) is 62.7 Å². The van der Waals surface area contributed by atoms with E-state index < -0.39 is 42.2 Å². The van der Waals surface area contributed by atoms with E-state index in [9.17, 15) is 25.4 Å². The zero-order valence-corrected chi connectivity index (χ0v) is 12.9. The fourth-order valence-electron chi connectivity index (χ4n) is 2.05. The van der Waals surface area contributed by atoms with E-state index in [-0.39, 0.29) is 21.5 Å². The highest BCUT2D eigenvalue weighted by molar-refractivity contribution is 6.37. The first-order chi connectivity index (χ1) is 10.8. The van der Waals surface area contributed by atoms with Gasteiger partial charge in [-0.05, 0) is 0 Å². The first-order valence-electron chi connectivity index (χ1n) is 6.37. The number of halogens is 2. The van der Waals surface area contributed by atoms with E-state index in [2.05, 4.69) is 0 Å². The van der Waals surface area contributed by atoms with Crippen LogP contribution in [0.1, 0.15) is 0 Å². The van der Waals surface area contributed by atoms with Gasteiger partial charge >= 0.3 is 0 Å². The normalized spacial score (nSPS) is 31.0.